The highest BCUT2D eigenvalue weighted by Crippen LogP contribution is 2.23. The van der Waals surface area contributed by atoms with E-state index in [4.69, 9.17) is 0 Å². The summed E-state index contributed by atoms with van der Waals surface area (Å²) in [6.45, 7) is 7.06. The summed E-state index contributed by atoms with van der Waals surface area (Å²) in [5.74, 6) is 1.72. The SMILES string of the molecule is Cc1nc(N2CCN(CCn3nc4c(cc3=O)CCC4)CC2)c2cccnc2n1. The molecule has 0 bridgehead atoms. The maximum absolute atomic E-state index is 12.3. The molecule has 8 nitrogen and oxygen atoms in total. The maximum atomic E-state index is 12.3. The quantitative estimate of drug-likeness (QED) is 0.661. The Morgan fingerprint density at radius 2 is 1.93 bits per heavy atom. The van der Waals surface area contributed by atoms with Crippen LogP contribution in [0.3, 0.4) is 0 Å². The lowest BCUT2D eigenvalue weighted by Crippen LogP contribution is -2.48. The van der Waals surface area contributed by atoms with E-state index >= 15 is 0 Å². The Labute approximate surface area is 169 Å². The van der Waals surface area contributed by atoms with E-state index in [-0.39, 0.29) is 5.56 Å². The van der Waals surface area contributed by atoms with Crippen molar-refractivity contribution < 1.29 is 0 Å². The molecule has 5 rings (SSSR count). The fraction of sp³-hybridized carbons (Fsp3) is 0.476. The van der Waals surface area contributed by atoms with Gasteiger partial charge in [0.25, 0.3) is 5.56 Å². The summed E-state index contributed by atoms with van der Waals surface area (Å²) >= 11 is 0. The topological polar surface area (TPSA) is 80.0 Å². The summed E-state index contributed by atoms with van der Waals surface area (Å²) in [7, 11) is 0. The van der Waals surface area contributed by atoms with Crippen molar-refractivity contribution in [3.8, 4) is 0 Å². The van der Waals surface area contributed by atoms with Gasteiger partial charge in [-0.1, -0.05) is 0 Å². The molecule has 150 valence electrons. The predicted octanol–water partition coefficient (Wildman–Crippen LogP) is 1.20. The number of nitrogens with zero attached hydrogens (tertiary/aromatic N) is 7. The lowest BCUT2D eigenvalue weighted by Gasteiger charge is -2.35. The minimum atomic E-state index is 0.0275. The van der Waals surface area contributed by atoms with Crippen molar-refractivity contribution >= 4 is 16.9 Å². The maximum Gasteiger partial charge on any atom is 0.267 e. The normalized spacial score (nSPS) is 17.1. The average Bonchev–Trinajstić information content (AvgIpc) is 3.19. The molecule has 0 amide bonds. The van der Waals surface area contributed by atoms with Gasteiger partial charge in [-0.3, -0.25) is 9.69 Å². The Morgan fingerprint density at radius 3 is 2.79 bits per heavy atom. The van der Waals surface area contributed by atoms with Gasteiger partial charge in [-0.05, 0) is 43.9 Å². The van der Waals surface area contributed by atoms with Gasteiger partial charge >= 0.3 is 0 Å². The van der Waals surface area contributed by atoms with Crippen LogP contribution in [-0.4, -0.2) is 62.4 Å². The summed E-state index contributed by atoms with van der Waals surface area (Å²) < 4.78 is 1.64. The number of anilines is 1. The molecule has 0 radical (unpaired) electrons. The molecular formula is C21H25N7O. The van der Waals surface area contributed by atoms with Crippen molar-refractivity contribution in [2.75, 3.05) is 37.6 Å². The smallest absolute Gasteiger partial charge is 0.267 e. The Morgan fingerprint density at radius 1 is 1.07 bits per heavy atom. The highest BCUT2D eigenvalue weighted by molar-refractivity contribution is 5.86. The molecule has 2 aliphatic rings. The Bertz CT molecular complexity index is 1100. The summed E-state index contributed by atoms with van der Waals surface area (Å²) in [6.07, 6.45) is 4.87. The molecule has 1 aliphatic heterocycles. The second-order valence-corrected chi connectivity index (χ2v) is 7.83. The lowest BCUT2D eigenvalue weighted by molar-refractivity contribution is 0.242. The summed E-state index contributed by atoms with van der Waals surface area (Å²) in [6, 6.07) is 5.75. The Kier molecular flexibility index (Phi) is 4.71. The van der Waals surface area contributed by atoms with Gasteiger partial charge in [0.15, 0.2) is 5.65 Å². The molecule has 1 fully saturated rings. The van der Waals surface area contributed by atoms with Gasteiger partial charge in [-0.2, -0.15) is 5.10 Å². The molecule has 0 N–H and O–H groups in total. The van der Waals surface area contributed by atoms with Crippen molar-refractivity contribution in [2.24, 2.45) is 0 Å². The number of piperazine rings is 1. The van der Waals surface area contributed by atoms with Crippen LogP contribution in [-0.2, 0) is 19.4 Å². The minimum absolute atomic E-state index is 0.0275. The van der Waals surface area contributed by atoms with Crippen LogP contribution in [0.4, 0.5) is 5.82 Å². The van der Waals surface area contributed by atoms with E-state index in [9.17, 15) is 4.79 Å². The fourth-order valence-corrected chi connectivity index (χ4v) is 4.31. The van der Waals surface area contributed by atoms with E-state index in [0.29, 0.717) is 6.54 Å². The van der Waals surface area contributed by atoms with Crippen LogP contribution in [0.2, 0.25) is 0 Å². The van der Waals surface area contributed by atoms with Crippen LogP contribution in [0.5, 0.6) is 0 Å². The highest BCUT2D eigenvalue weighted by Gasteiger charge is 2.21. The third-order valence-corrected chi connectivity index (χ3v) is 5.89. The fourth-order valence-electron chi connectivity index (χ4n) is 4.31. The third-order valence-electron chi connectivity index (χ3n) is 5.89. The van der Waals surface area contributed by atoms with E-state index in [1.54, 1.807) is 16.9 Å². The Hall–Kier alpha value is -2.87. The summed E-state index contributed by atoms with van der Waals surface area (Å²) in [4.78, 5) is 30.5. The van der Waals surface area contributed by atoms with Gasteiger partial charge in [0.1, 0.15) is 11.6 Å². The molecule has 0 aromatic carbocycles. The number of aryl methyl sites for hydroxylation is 3. The zero-order chi connectivity index (χ0) is 19.8. The second kappa shape index (κ2) is 7.51. The number of hydrogen-bond acceptors (Lipinski definition) is 7. The number of fused-ring (bicyclic) bond motifs is 2. The highest BCUT2D eigenvalue weighted by atomic mass is 16.1. The van der Waals surface area contributed by atoms with Crippen molar-refractivity contribution in [2.45, 2.75) is 32.7 Å². The molecule has 0 unspecified atom stereocenters. The van der Waals surface area contributed by atoms with Crippen molar-refractivity contribution in [1.82, 2.24) is 29.6 Å². The first kappa shape index (κ1) is 18.2. The zero-order valence-electron chi connectivity index (χ0n) is 16.7. The molecule has 1 saturated heterocycles. The second-order valence-electron chi connectivity index (χ2n) is 7.83. The number of aromatic nitrogens is 5. The van der Waals surface area contributed by atoms with E-state index in [1.807, 2.05) is 19.1 Å². The molecular weight excluding hydrogens is 366 g/mol. The van der Waals surface area contributed by atoms with Crippen LogP contribution in [0.1, 0.15) is 23.5 Å². The molecule has 0 saturated carbocycles. The van der Waals surface area contributed by atoms with Gasteiger partial charge in [-0.15, -0.1) is 0 Å². The van der Waals surface area contributed by atoms with E-state index < -0.39 is 0 Å². The lowest BCUT2D eigenvalue weighted by atomic mass is 10.2. The number of hydrogen-bond donors (Lipinski definition) is 0. The zero-order valence-corrected chi connectivity index (χ0v) is 16.7. The number of rotatable bonds is 4. The minimum Gasteiger partial charge on any atom is -0.353 e. The first-order valence-electron chi connectivity index (χ1n) is 10.3. The van der Waals surface area contributed by atoms with E-state index in [1.165, 1.54) is 0 Å². The average molecular weight is 391 g/mol. The molecule has 3 aromatic rings. The van der Waals surface area contributed by atoms with Crippen LogP contribution < -0.4 is 10.5 Å². The van der Waals surface area contributed by atoms with Crippen molar-refractivity contribution in [1.29, 1.82) is 0 Å². The van der Waals surface area contributed by atoms with Gasteiger partial charge in [0.05, 0.1) is 17.6 Å². The van der Waals surface area contributed by atoms with Gasteiger partial charge in [0.2, 0.25) is 0 Å². The third kappa shape index (κ3) is 3.60. The van der Waals surface area contributed by atoms with Crippen LogP contribution in [0.25, 0.3) is 11.0 Å². The molecule has 8 heteroatoms. The van der Waals surface area contributed by atoms with E-state index in [2.05, 4.69) is 29.9 Å². The molecule has 0 spiro atoms. The standard InChI is InChI=1S/C21H25N7O/c1-15-23-20-17(5-3-7-22-20)21(24-15)27-11-8-26(9-12-27)10-13-28-19(29)14-16-4-2-6-18(16)25-28/h3,5,7,14H,2,4,6,8-13H2,1H3. The van der Waals surface area contributed by atoms with Gasteiger partial charge in [0, 0.05) is 45.0 Å². The Balaban J connectivity index is 1.24. The first-order chi connectivity index (χ1) is 14.2. The molecule has 3 aromatic heterocycles. The molecule has 0 atom stereocenters. The number of pyridine rings is 1. The monoisotopic (exact) mass is 391 g/mol. The van der Waals surface area contributed by atoms with Crippen LogP contribution in [0, 0.1) is 6.92 Å². The first-order valence-corrected chi connectivity index (χ1v) is 10.3. The van der Waals surface area contributed by atoms with Crippen molar-refractivity contribution in [3.05, 3.63) is 51.8 Å². The molecule has 4 heterocycles. The van der Waals surface area contributed by atoms with E-state index in [0.717, 1.165) is 85.9 Å². The predicted molar refractivity (Wildman–Crippen MR) is 111 cm³/mol. The summed E-state index contributed by atoms with van der Waals surface area (Å²) in [5, 5.41) is 5.59. The van der Waals surface area contributed by atoms with Gasteiger partial charge in [-0.25, -0.2) is 19.6 Å². The molecule has 1 aliphatic carbocycles. The largest absolute Gasteiger partial charge is 0.353 e. The molecule has 29 heavy (non-hydrogen) atoms. The van der Waals surface area contributed by atoms with Crippen molar-refractivity contribution in [3.63, 3.8) is 0 Å². The summed E-state index contributed by atoms with van der Waals surface area (Å²) in [5.41, 5.74) is 3.02. The van der Waals surface area contributed by atoms with Crippen LogP contribution >= 0.6 is 0 Å². The van der Waals surface area contributed by atoms with Crippen LogP contribution in [0.15, 0.2) is 29.2 Å². The van der Waals surface area contributed by atoms with Gasteiger partial charge < -0.3 is 4.90 Å².